The molecule has 1 N–H and O–H groups in total. The average molecular weight is 619 g/mol. The summed E-state index contributed by atoms with van der Waals surface area (Å²) in [5, 5.41) is 3.04. The molecule has 1 amide bonds. The molecule has 5 rings (SSSR count). The van der Waals surface area contributed by atoms with Crippen molar-refractivity contribution in [1.29, 1.82) is 0 Å². The smallest absolute Gasteiger partial charge is 0.253 e. The topological polar surface area (TPSA) is 51.7 Å². The fourth-order valence-corrected chi connectivity index (χ4v) is 5.87. The maximum Gasteiger partial charge on any atom is 0.253 e. The Hall–Kier alpha value is -2.59. The van der Waals surface area contributed by atoms with Crippen LogP contribution in [0.2, 0.25) is 5.02 Å². The van der Waals surface area contributed by atoms with E-state index in [1.54, 1.807) is 6.07 Å². The monoisotopic (exact) mass is 617 g/mol. The first kappa shape index (κ1) is 28.0. The number of carbonyl (C=O) groups excluding carboxylic acids is 1. The second-order valence-corrected chi connectivity index (χ2v) is 11.4. The van der Waals surface area contributed by atoms with E-state index in [9.17, 15) is 13.6 Å². The SMILES string of the molecule is O=C(NCc1ccc(F)cc1F)c1cnc(N2CCN(C3CCN(Cc4ccc(Br)cc4)CC3)CC2)c(Cl)c1. The van der Waals surface area contributed by atoms with Crippen LogP contribution in [0.15, 0.2) is 59.2 Å². The highest BCUT2D eigenvalue weighted by molar-refractivity contribution is 9.10. The summed E-state index contributed by atoms with van der Waals surface area (Å²) < 4.78 is 28.0. The number of rotatable bonds is 7. The molecule has 0 spiro atoms. The van der Waals surface area contributed by atoms with Crippen LogP contribution >= 0.6 is 27.5 Å². The van der Waals surface area contributed by atoms with Crippen molar-refractivity contribution in [2.45, 2.75) is 32.0 Å². The van der Waals surface area contributed by atoms with Gasteiger partial charge in [0.25, 0.3) is 5.91 Å². The van der Waals surface area contributed by atoms with Gasteiger partial charge in [-0.2, -0.15) is 0 Å². The molecule has 0 aliphatic carbocycles. The molecule has 206 valence electrons. The number of piperidine rings is 1. The van der Waals surface area contributed by atoms with Crippen LogP contribution in [0.1, 0.15) is 34.3 Å². The first-order chi connectivity index (χ1) is 18.9. The van der Waals surface area contributed by atoms with E-state index in [1.807, 2.05) is 0 Å². The number of anilines is 1. The second kappa shape index (κ2) is 12.7. The minimum absolute atomic E-state index is 0.0601. The number of hydrogen-bond acceptors (Lipinski definition) is 5. The quantitative estimate of drug-likeness (QED) is 0.380. The fourth-order valence-electron chi connectivity index (χ4n) is 5.32. The van der Waals surface area contributed by atoms with Crippen LogP contribution in [0.5, 0.6) is 0 Å². The third-order valence-electron chi connectivity index (χ3n) is 7.55. The van der Waals surface area contributed by atoms with E-state index in [0.717, 1.165) is 62.4 Å². The molecule has 2 fully saturated rings. The lowest BCUT2D eigenvalue weighted by Crippen LogP contribution is -2.53. The molecular formula is C29H31BrClF2N5O. The Morgan fingerprint density at radius 3 is 2.38 bits per heavy atom. The molecule has 2 aliphatic rings. The van der Waals surface area contributed by atoms with Gasteiger partial charge >= 0.3 is 0 Å². The molecule has 0 atom stereocenters. The number of carbonyl (C=O) groups is 1. The van der Waals surface area contributed by atoms with Crippen molar-refractivity contribution in [1.82, 2.24) is 20.1 Å². The van der Waals surface area contributed by atoms with Gasteiger partial charge in [-0.3, -0.25) is 14.6 Å². The van der Waals surface area contributed by atoms with Crippen LogP contribution in [-0.4, -0.2) is 66.0 Å². The molecule has 2 aliphatic heterocycles. The van der Waals surface area contributed by atoms with Crippen LogP contribution in [-0.2, 0) is 13.1 Å². The van der Waals surface area contributed by atoms with E-state index < -0.39 is 17.5 Å². The zero-order valence-corrected chi connectivity index (χ0v) is 23.9. The van der Waals surface area contributed by atoms with Gasteiger partial charge in [0.15, 0.2) is 0 Å². The standard InChI is InChI=1S/C29H31BrClF2N5O/c30-23-4-1-20(2-5-23)19-36-9-7-25(8-10-36)37-11-13-38(14-12-37)28-26(31)15-22(18-34-28)29(39)35-17-21-3-6-24(32)16-27(21)33/h1-6,15-16,18,25H,7-14,17,19H2,(H,35,39). The number of aromatic nitrogens is 1. The van der Waals surface area contributed by atoms with Crippen molar-refractivity contribution < 1.29 is 13.6 Å². The summed E-state index contributed by atoms with van der Waals surface area (Å²) in [7, 11) is 0. The molecule has 2 aromatic carbocycles. The molecule has 6 nitrogen and oxygen atoms in total. The Morgan fingerprint density at radius 1 is 1.00 bits per heavy atom. The van der Waals surface area contributed by atoms with Gasteiger partial charge in [-0.1, -0.05) is 45.7 Å². The fraction of sp³-hybridized carbons (Fsp3) is 0.379. The average Bonchev–Trinajstić information content (AvgIpc) is 2.94. The van der Waals surface area contributed by atoms with Crippen molar-refractivity contribution >= 4 is 39.3 Å². The Bertz CT molecular complexity index is 1300. The zero-order chi connectivity index (χ0) is 27.4. The number of piperazine rings is 1. The lowest BCUT2D eigenvalue weighted by molar-refractivity contribution is 0.0950. The van der Waals surface area contributed by atoms with Crippen molar-refractivity contribution in [3.05, 3.63) is 92.5 Å². The third-order valence-corrected chi connectivity index (χ3v) is 8.35. The molecule has 0 unspecified atom stereocenters. The van der Waals surface area contributed by atoms with Gasteiger partial charge < -0.3 is 10.2 Å². The van der Waals surface area contributed by atoms with Gasteiger partial charge in [0.05, 0.1) is 10.6 Å². The summed E-state index contributed by atoms with van der Waals surface area (Å²) in [6.07, 6.45) is 3.83. The van der Waals surface area contributed by atoms with Crippen molar-refractivity contribution in [3.8, 4) is 0 Å². The Kier molecular flexibility index (Phi) is 9.12. The Morgan fingerprint density at radius 2 is 1.72 bits per heavy atom. The maximum atomic E-state index is 13.8. The third kappa shape index (κ3) is 7.14. The number of nitrogens with zero attached hydrogens (tertiary/aromatic N) is 4. The summed E-state index contributed by atoms with van der Waals surface area (Å²) in [4.78, 5) is 24.3. The molecule has 3 heterocycles. The number of benzene rings is 2. The normalized spacial score (nSPS) is 17.4. The van der Waals surface area contributed by atoms with Crippen molar-refractivity contribution in [3.63, 3.8) is 0 Å². The van der Waals surface area contributed by atoms with Crippen LogP contribution < -0.4 is 10.2 Å². The molecule has 0 saturated carbocycles. The first-order valence-corrected chi connectivity index (χ1v) is 14.4. The first-order valence-electron chi connectivity index (χ1n) is 13.2. The predicted octanol–water partition coefficient (Wildman–Crippen LogP) is 5.49. The highest BCUT2D eigenvalue weighted by Gasteiger charge is 2.28. The highest BCUT2D eigenvalue weighted by Crippen LogP contribution is 2.27. The van der Waals surface area contributed by atoms with Gasteiger partial charge in [0, 0.05) is 67.6 Å². The molecule has 3 aromatic rings. The second-order valence-electron chi connectivity index (χ2n) is 10.1. The summed E-state index contributed by atoms with van der Waals surface area (Å²) in [6.45, 7) is 6.67. The van der Waals surface area contributed by atoms with Gasteiger partial charge in [-0.25, -0.2) is 13.8 Å². The van der Waals surface area contributed by atoms with E-state index in [0.29, 0.717) is 22.4 Å². The van der Waals surface area contributed by atoms with Crippen LogP contribution in [0.4, 0.5) is 14.6 Å². The zero-order valence-electron chi connectivity index (χ0n) is 21.6. The van der Waals surface area contributed by atoms with Gasteiger partial charge in [-0.15, -0.1) is 0 Å². The van der Waals surface area contributed by atoms with Crippen molar-refractivity contribution in [2.75, 3.05) is 44.2 Å². The number of hydrogen-bond donors (Lipinski definition) is 1. The molecule has 0 bridgehead atoms. The number of nitrogens with one attached hydrogen (secondary N) is 1. The summed E-state index contributed by atoms with van der Waals surface area (Å²) >= 11 is 10.0. The highest BCUT2D eigenvalue weighted by atomic mass is 79.9. The van der Waals surface area contributed by atoms with Gasteiger partial charge in [0.1, 0.15) is 17.5 Å². The maximum absolute atomic E-state index is 13.8. The molecular weight excluding hydrogens is 588 g/mol. The summed E-state index contributed by atoms with van der Waals surface area (Å²) in [6, 6.07) is 14.0. The molecule has 1 aromatic heterocycles. The van der Waals surface area contributed by atoms with Crippen molar-refractivity contribution in [2.24, 2.45) is 0 Å². The Balaban J connectivity index is 1.09. The van der Waals surface area contributed by atoms with E-state index in [-0.39, 0.29) is 12.1 Å². The minimum atomic E-state index is -0.702. The van der Waals surface area contributed by atoms with Gasteiger partial charge in [0.2, 0.25) is 0 Å². The molecule has 10 heteroatoms. The summed E-state index contributed by atoms with van der Waals surface area (Å²) in [5.41, 5.74) is 1.84. The lowest BCUT2D eigenvalue weighted by atomic mass is 10.0. The number of likely N-dealkylation sites (tertiary alicyclic amines) is 1. The number of pyridine rings is 1. The lowest BCUT2D eigenvalue weighted by Gasteiger charge is -2.43. The van der Waals surface area contributed by atoms with Gasteiger partial charge in [-0.05, 0) is 55.8 Å². The van der Waals surface area contributed by atoms with Crippen LogP contribution in [0.3, 0.4) is 0 Å². The Labute approximate surface area is 241 Å². The van der Waals surface area contributed by atoms with E-state index in [2.05, 4.69) is 65.2 Å². The largest absolute Gasteiger partial charge is 0.353 e. The van der Waals surface area contributed by atoms with Crippen LogP contribution in [0.25, 0.3) is 0 Å². The number of halogens is 4. The molecule has 0 radical (unpaired) electrons. The van der Waals surface area contributed by atoms with E-state index in [4.69, 9.17) is 11.6 Å². The minimum Gasteiger partial charge on any atom is -0.353 e. The summed E-state index contributed by atoms with van der Waals surface area (Å²) in [5.74, 6) is -1.11. The molecule has 2 saturated heterocycles. The van der Waals surface area contributed by atoms with E-state index in [1.165, 1.54) is 30.7 Å². The number of amides is 1. The van der Waals surface area contributed by atoms with E-state index >= 15 is 0 Å². The van der Waals surface area contributed by atoms with Crippen LogP contribution in [0, 0.1) is 11.6 Å². The predicted molar refractivity (Wildman–Crippen MR) is 153 cm³/mol. The molecule has 39 heavy (non-hydrogen) atoms.